The summed E-state index contributed by atoms with van der Waals surface area (Å²) in [5, 5.41) is 10.7. The quantitative estimate of drug-likeness (QED) is 0.629. The van der Waals surface area contributed by atoms with Gasteiger partial charge in [0, 0.05) is 11.8 Å². The Hall–Kier alpha value is -2.50. The number of hydrogen-bond acceptors (Lipinski definition) is 3. The number of nitrogens with zero attached hydrogens (tertiary/aromatic N) is 2. The van der Waals surface area contributed by atoms with Gasteiger partial charge < -0.3 is 4.57 Å². The Balaban J connectivity index is 2.45. The van der Waals surface area contributed by atoms with E-state index in [1.54, 1.807) is 19.1 Å². The molecule has 0 radical (unpaired) electrons. The summed E-state index contributed by atoms with van der Waals surface area (Å²) in [6, 6.07) is 8.36. The van der Waals surface area contributed by atoms with Gasteiger partial charge in [-0.2, -0.15) is 0 Å². The van der Waals surface area contributed by atoms with E-state index >= 15 is 0 Å². The highest BCUT2D eigenvalue weighted by molar-refractivity contribution is 5.29. The number of rotatable bonds is 3. The molecule has 0 unspecified atom stereocenters. The van der Waals surface area contributed by atoms with Gasteiger partial charge in [-0.05, 0) is 30.7 Å². The fourth-order valence-electron chi connectivity index (χ4n) is 1.77. The third kappa shape index (κ3) is 2.67. The van der Waals surface area contributed by atoms with Crippen LogP contribution in [0, 0.1) is 22.9 Å². The molecule has 0 fully saturated rings. The summed E-state index contributed by atoms with van der Waals surface area (Å²) >= 11 is 0. The highest BCUT2D eigenvalue weighted by Crippen LogP contribution is 2.09. The number of aryl methyl sites for hydroxylation is 1. The van der Waals surface area contributed by atoms with E-state index in [0.717, 1.165) is 0 Å². The normalized spacial score (nSPS) is 10.4. The average Bonchev–Trinajstić information content (AvgIpc) is 2.36. The summed E-state index contributed by atoms with van der Waals surface area (Å²) in [5.41, 5.74) is 0.189. The van der Waals surface area contributed by atoms with Gasteiger partial charge in [0.05, 0.1) is 11.5 Å². The van der Waals surface area contributed by atoms with Crippen molar-refractivity contribution in [2.75, 3.05) is 0 Å². The van der Waals surface area contributed by atoms with Crippen molar-refractivity contribution in [1.82, 2.24) is 4.57 Å². The average molecular weight is 262 g/mol. The minimum atomic E-state index is -0.705. The second kappa shape index (κ2) is 5.01. The van der Waals surface area contributed by atoms with Crippen LogP contribution in [-0.2, 0) is 6.54 Å². The molecule has 0 saturated heterocycles. The topological polar surface area (TPSA) is 65.1 Å². The Morgan fingerprint density at radius 3 is 2.42 bits per heavy atom. The molecule has 19 heavy (non-hydrogen) atoms. The lowest BCUT2D eigenvalue weighted by Crippen LogP contribution is -2.24. The van der Waals surface area contributed by atoms with Crippen LogP contribution in [0.2, 0.25) is 0 Å². The summed E-state index contributed by atoms with van der Waals surface area (Å²) < 4.78 is 14.1. The van der Waals surface area contributed by atoms with E-state index in [9.17, 15) is 19.3 Å². The van der Waals surface area contributed by atoms with Crippen LogP contribution < -0.4 is 5.56 Å². The van der Waals surface area contributed by atoms with Crippen molar-refractivity contribution < 1.29 is 9.31 Å². The van der Waals surface area contributed by atoms with Gasteiger partial charge in [0.25, 0.3) is 0 Å². The van der Waals surface area contributed by atoms with Gasteiger partial charge in [-0.3, -0.25) is 14.9 Å². The van der Waals surface area contributed by atoms with Crippen LogP contribution >= 0.6 is 0 Å². The number of pyridine rings is 1. The third-order valence-corrected chi connectivity index (χ3v) is 2.82. The number of nitro groups is 1. The summed E-state index contributed by atoms with van der Waals surface area (Å²) in [7, 11) is 0. The molecule has 0 amide bonds. The number of hydrogen-bond donors (Lipinski definition) is 0. The van der Waals surface area contributed by atoms with Crippen LogP contribution in [-0.4, -0.2) is 9.49 Å². The number of halogens is 1. The molecule has 0 aliphatic heterocycles. The highest BCUT2D eigenvalue weighted by Gasteiger charge is 2.15. The Morgan fingerprint density at radius 2 is 1.84 bits per heavy atom. The molecule has 5 nitrogen and oxygen atoms in total. The molecular weight excluding hydrogens is 251 g/mol. The number of aromatic nitrogens is 1. The smallest absolute Gasteiger partial charge is 0.303 e. The van der Waals surface area contributed by atoms with Gasteiger partial charge in [0.2, 0.25) is 0 Å². The van der Waals surface area contributed by atoms with Crippen molar-refractivity contribution in [1.29, 1.82) is 0 Å². The number of benzene rings is 1. The molecule has 0 N–H and O–H groups in total. The van der Waals surface area contributed by atoms with Crippen molar-refractivity contribution in [2.24, 2.45) is 0 Å². The van der Waals surface area contributed by atoms with E-state index in [4.69, 9.17) is 0 Å². The predicted octanol–water partition coefficient (Wildman–Crippen LogP) is 2.25. The van der Waals surface area contributed by atoms with Crippen molar-refractivity contribution in [2.45, 2.75) is 13.5 Å². The predicted molar refractivity (Wildman–Crippen MR) is 67.6 cm³/mol. The molecule has 0 atom stereocenters. The van der Waals surface area contributed by atoms with Crippen molar-refractivity contribution >= 4 is 5.69 Å². The minimum Gasteiger partial charge on any atom is -0.303 e. The molecule has 0 saturated carbocycles. The highest BCUT2D eigenvalue weighted by atomic mass is 19.1. The van der Waals surface area contributed by atoms with Gasteiger partial charge in [-0.1, -0.05) is 12.1 Å². The molecular formula is C13H11FN2O3. The van der Waals surface area contributed by atoms with Crippen molar-refractivity contribution in [3.05, 3.63) is 73.9 Å². The molecule has 0 bridgehead atoms. The third-order valence-electron chi connectivity index (χ3n) is 2.82. The molecule has 98 valence electrons. The fraction of sp³-hybridized carbons (Fsp3) is 0.154. The Bertz CT molecular complexity index is 677. The first-order valence-electron chi connectivity index (χ1n) is 5.58. The Labute approximate surface area is 108 Å². The lowest BCUT2D eigenvalue weighted by molar-refractivity contribution is -0.386. The maximum Gasteiger partial charge on any atom is 0.334 e. The molecule has 0 aliphatic rings. The van der Waals surface area contributed by atoms with Crippen LogP contribution in [0.15, 0.2) is 41.2 Å². The minimum absolute atomic E-state index is 0.173. The van der Waals surface area contributed by atoms with E-state index in [-0.39, 0.29) is 12.4 Å². The summed E-state index contributed by atoms with van der Waals surface area (Å²) in [4.78, 5) is 22.0. The Morgan fingerprint density at radius 1 is 1.21 bits per heavy atom. The van der Waals surface area contributed by atoms with E-state index in [1.165, 1.54) is 28.8 Å². The molecule has 0 spiro atoms. The fourth-order valence-corrected chi connectivity index (χ4v) is 1.77. The Kier molecular flexibility index (Phi) is 3.41. The van der Waals surface area contributed by atoms with Crippen LogP contribution in [0.25, 0.3) is 0 Å². The zero-order valence-electron chi connectivity index (χ0n) is 10.2. The molecule has 0 aliphatic carbocycles. The van der Waals surface area contributed by atoms with Crippen molar-refractivity contribution in [3.8, 4) is 0 Å². The molecule has 2 aromatic rings. The van der Waals surface area contributed by atoms with E-state index < -0.39 is 16.2 Å². The lowest BCUT2D eigenvalue weighted by atomic mass is 10.2. The van der Waals surface area contributed by atoms with Crippen LogP contribution in [0.5, 0.6) is 0 Å². The van der Waals surface area contributed by atoms with E-state index in [1.807, 2.05) is 0 Å². The molecule has 2 rings (SSSR count). The first-order valence-corrected chi connectivity index (χ1v) is 5.58. The standard InChI is InChI=1S/C13H11FN2O3/c1-9-2-7-12(16(18)19)13(17)15(9)8-10-3-5-11(14)6-4-10/h2-7H,8H2,1H3. The molecule has 1 aromatic heterocycles. The molecule has 1 heterocycles. The van der Waals surface area contributed by atoms with E-state index in [2.05, 4.69) is 0 Å². The second-order valence-corrected chi connectivity index (χ2v) is 4.13. The maximum absolute atomic E-state index is 12.8. The van der Waals surface area contributed by atoms with E-state index in [0.29, 0.717) is 11.3 Å². The first-order chi connectivity index (χ1) is 8.99. The van der Waals surface area contributed by atoms with Crippen LogP contribution in [0.4, 0.5) is 10.1 Å². The largest absolute Gasteiger partial charge is 0.334 e. The molecule has 1 aromatic carbocycles. The van der Waals surface area contributed by atoms with Crippen molar-refractivity contribution in [3.63, 3.8) is 0 Å². The maximum atomic E-state index is 12.8. The van der Waals surface area contributed by atoms with Gasteiger partial charge in [0.1, 0.15) is 5.82 Å². The van der Waals surface area contributed by atoms with Crippen LogP contribution in [0.1, 0.15) is 11.3 Å². The van der Waals surface area contributed by atoms with Crippen LogP contribution in [0.3, 0.4) is 0 Å². The second-order valence-electron chi connectivity index (χ2n) is 4.13. The van der Waals surface area contributed by atoms with Gasteiger partial charge in [-0.25, -0.2) is 4.39 Å². The molecule has 6 heteroatoms. The SMILES string of the molecule is Cc1ccc([N+](=O)[O-])c(=O)n1Cc1ccc(F)cc1. The van der Waals surface area contributed by atoms with Gasteiger partial charge in [-0.15, -0.1) is 0 Å². The zero-order chi connectivity index (χ0) is 14.0. The summed E-state index contributed by atoms with van der Waals surface area (Å²) in [6.07, 6.45) is 0. The van der Waals surface area contributed by atoms with Gasteiger partial charge in [0.15, 0.2) is 0 Å². The summed E-state index contributed by atoms with van der Waals surface area (Å²) in [5.74, 6) is -0.369. The van der Waals surface area contributed by atoms with Gasteiger partial charge >= 0.3 is 11.2 Å². The zero-order valence-corrected chi connectivity index (χ0v) is 10.2. The first kappa shape index (κ1) is 12.9. The monoisotopic (exact) mass is 262 g/mol. The lowest BCUT2D eigenvalue weighted by Gasteiger charge is -2.09. The summed E-state index contributed by atoms with van der Waals surface area (Å²) in [6.45, 7) is 1.86.